The first-order chi connectivity index (χ1) is 10.2. The van der Waals surface area contributed by atoms with Crippen molar-refractivity contribution in [3.05, 3.63) is 11.9 Å². The van der Waals surface area contributed by atoms with E-state index in [0.717, 1.165) is 56.9 Å². The van der Waals surface area contributed by atoms with Gasteiger partial charge in [0.05, 0.1) is 6.54 Å². The van der Waals surface area contributed by atoms with Gasteiger partial charge in [0, 0.05) is 31.8 Å². The summed E-state index contributed by atoms with van der Waals surface area (Å²) in [5.74, 6) is 1.63. The van der Waals surface area contributed by atoms with E-state index in [1.165, 1.54) is 0 Å². The Morgan fingerprint density at radius 1 is 1.38 bits per heavy atom. The van der Waals surface area contributed by atoms with E-state index >= 15 is 0 Å². The van der Waals surface area contributed by atoms with Gasteiger partial charge in [-0.1, -0.05) is 13.0 Å². The van der Waals surface area contributed by atoms with Crippen LogP contribution in [0.3, 0.4) is 0 Å². The van der Waals surface area contributed by atoms with Crippen molar-refractivity contribution in [1.82, 2.24) is 30.4 Å². The average Bonchev–Trinajstić information content (AvgIpc) is 3.02. The summed E-state index contributed by atoms with van der Waals surface area (Å²) in [6, 6.07) is 0. The Bertz CT molecular complexity index is 504. The van der Waals surface area contributed by atoms with Crippen LogP contribution in [0.2, 0.25) is 0 Å². The Balaban J connectivity index is 1.54. The van der Waals surface area contributed by atoms with Crippen LogP contribution in [0.4, 0.5) is 0 Å². The van der Waals surface area contributed by atoms with E-state index < -0.39 is 0 Å². The fraction of sp³-hybridized carbons (Fsp3) is 0.714. The molecule has 3 rings (SSSR count). The smallest absolute Gasteiger partial charge is 0.236 e. The summed E-state index contributed by atoms with van der Waals surface area (Å²) >= 11 is 0. The fourth-order valence-corrected chi connectivity index (χ4v) is 2.95. The van der Waals surface area contributed by atoms with Gasteiger partial charge in [-0.2, -0.15) is 5.21 Å². The van der Waals surface area contributed by atoms with Crippen molar-refractivity contribution in [2.75, 3.05) is 32.7 Å². The Morgan fingerprint density at radius 3 is 2.90 bits per heavy atom. The van der Waals surface area contributed by atoms with E-state index in [1.54, 1.807) is 0 Å². The number of aromatic amines is 1. The van der Waals surface area contributed by atoms with Gasteiger partial charge in [0.15, 0.2) is 0 Å². The molecule has 7 nitrogen and oxygen atoms in total. The van der Waals surface area contributed by atoms with E-state index in [9.17, 15) is 4.79 Å². The number of nitrogens with zero attached hydrogens (tertiary/aromatic N) is 5. The van der Waals surface area contributed by atoms with Crippen molar-refractivity contribution in [3.63, 3.8) is 0 Å². The third kappa shape index (κ3) is 3.47. The number of likely N-dealkylation sites (tertiary alicyclic amines) is 1. The van der Waals surface area contributed by atoms with Gasteiger partial charge in [0.2, 0.25) is 11.7 Å². The Labute approximate surface area is 124 Å². The SMILES string of the molecule is CC1CCN(C(=O)CN2CCC=C(c3nn[nH]n3)C2)CC1. The van der Waals surface area contributed by atoms with Crippen LogP contribution in [0, 0.1) is 5.92 Å². The number of H-pyrrole nitrogens is 1. The lowest BCUT2D eigenvalue weighted by Crippen LogP contribution is -2.45. The van der Waals surface area contributed by atoms with Crippen molar-refractivity contribution >= 4 is 11.5 Å². The van der Waals surface area contributed by atoms with Crippen LogP contribution >= 0.6 is 0 Å². The average molecular weight is 290 g/mol. The molecular weight excluding hydrogens is 268 g/mol. The molecule has 0 saturated carbocycles. The van der Waals surface area contributed by atoms with Crippen LogP contribution in [0.25, 0.3) is 5.57 Å². The predicted octanol–water partition coefficient (Wildman–Crippen LogP) is 0.547. The molecule has 1 fully saturated rings. The van der Waals surface area contributed by atoms with Crippen LogP contribution in [0.1, 0.15) is 32.0 Å². The molecule has 1 aromatic heterocycles. The van der Waals surface area contributed by atoms with E-state index in [2.05, 4.69) is 38.5 Å². The molecule has 0 aromatic carbocycles. The third-order valence-electron chi connectivity index (χ3n) is 4.36. The lowest BCUT2D eigenvalue weighted by atomic mass is 9.99. The molecule has 3 heterocycles. The van der Waals surface area contributed by atoms with Gasteiger partial charge in [0.25, 0.3) is 0 Å². The minimum Gasteiger partial charge on any atom is -0.342 e. The molecule has 0 spiro atoms. The summed E-state index contributed by atoms with van der Waals surface area (Å²) in [6.45, 7) is 6.19. The molecule has 0 radical (unpaired) electrons. The molecule has 7 heteroatoms. The van der Waals surface area contributed by atoms with Crippen molar-refractivity contribution in [3.8, 4) is 0 Å². The highest BCUT2D eigenvalue weighted by Gasteiger charge is 2.24. The van der Waals surface area contributed by atoms with Crippen LogP contribution in [0.15, 0.2) is 6.08 Å². The lowest BCUT2D eigenvalue weighted by Gasteiger charge is -2.33. The third-order valence-corrected chi connectivity index (χ3v) is 4.36. The first-order valence-electron chi connectivity index (χ1n) is 7.65. The van der Waals surface area contributed by atoms with E-state index in [4.69, 9.17) is 0 Å². The molecule has 1 amide bonds. The monoisotopic (exact) mass is 290 g/mol. The van der Waals surface area contributed by atoms with E-state index in [0.29, 0.717) is 12.4 Å². The van der Waals surface area contributed by atoms with Gasteiger partial charge in [-0.3, -0.25) is 9.69 Å². The molecule has 1 saturated heterocycles. The Kier molecular flexibility index (Phi) is 4.28. The summed E-state index contributed by atoms with van der Waals surface area (Å²) < 4.78 is 0. The second-order valence-electron chi connectivity index (χ2n) is 6.03. The van der Waals surface area contributed by atoms with Gasteiger partial charge >= 0.3 is 0 Å². The predicted molar refractivity (Wildman–Crippen MR) is 78.2 cm³/mol. The molecule has 0 unspecified atom stereocenters. The van der Waals surface area contributed by atoms with E-state index in [-0.39, 0.29) is 5.91 Å². The normalized spacial score (nSPS) is 21.4. The molecule has 114 valence electrons. The Morgan fingerprint density at radius 2 is 2.19 bits per heavy atom. The highest BCUT2D eigenvalue weighted by Crippen LogP contribution is 2.19. The van der Waals surface area contributed by atoms with Gasteiger partial charge in [-0.15, -0.1) is 10.2 Å². The maximum Gasteiger partial charge on any atom is 0.236 e. The molecule has 21 heavy (non-hydrogen) atoms. The largest absolute Gasteiger partial charge is 0.342 e. The summed E-state index contributed by atoms with van der Waals surface area (Å²) in [5.41, 5.74) is 1.05. The van der Waals surface area contributed by atoms with Crippen LogP contribution in [-0.2, 0) is 4.79 Å². The molecular formula is C14H22N6O. The molecule has 0 atom stereocenters. The topological polar surface area (TPSA) is 78.0 Å². The minimum atomic E-state index is 0.247. The number of hydrogen-bond donors (Lipinski definition) is 1. The minimum absolute atomic E-state index is 0.247. The number of tetrazole rings is 1. The zero-order valence-electron chi connectivity index (χ0n) is 12.5. The summed E-state index contributed by atoms with van der Waals surface area (Å²) in [6.07, 6.45) is 5.31. The molecule has 0 bridgehead atoms. The number of rotatable bonds is 3. The zero-order chi connectivity index (χ0) is 14.7. The number of piperidine rings is 1. The molecule has 1 N–H and O–H groups in total. The summed E-state index contributed by atoms with van der Waals surface area (Å²) in [4.78, 5) is 16.6. The molecule has 2 aliphatic rings. The fourth-order valence-electron chi connectivity index (χ4n) is 2.95. The quantitative estimate of drug-likeness (QED) is 0.879. The maximum atomic E-state index is 12.4. The molecule has 2 aliphatic heterocycles. The molecule has 0 aliphatic carbocycles. The first kappa shape index (κ1) is 14.2. The van der Waals surface area contributed by atoms with Crippen LogP contribution < -0.4 is 0 Å². The molecule has 1 aromatic rings. The standard InChI is InChI=1S/C14H22N6O/c1-11-4-7-20(8-5-11)13(21)10-19-6-2-3-12(9-19)14-15-17-18-16-14/h3,11H,2,4-10H2,1H3,(H,15,16,17,18). The Hall–Kier alpha value is -1.76. The summed E-state index contributed by atoms with van der Waals surface area (Å²) in [5, 5.41) is 14.1. The van der Waals surface area contributed by atoms with Crippen molar-refractivity contribution in [1.29, 1.82) is 0 Å². The van der Waals surface area contributed by atoms with Crippen molar-refractivity contribution in [2.45, 2.75) is 26.2 Å². The van der Waals surface area contributed by atoms with Crippen LogP contribution in [-0.4, -0.2) is 69.1 Å². The highest BCUT2D eigenvalue weighted by atomic mass is 16.2. The van der Waals surface area contributed by atoms with Crippen molar-refractivity contribution < 1.29 is 4.79 Å². The summed E-state index contributed by atoms with van der Waals surface area (Å²) in [7, 11) is 0. The van der Waals surface area contributed by atoms with E-state index in [1.807, 2.05) is 4.90 Å². The number of carbonyl (C=O) groups excluding carboxylic acids is 1. The number of carbonyl (C=O) groups is 1. The van der Waals surface area contributed by atoms with Gasteiger partial charge in [0.1, 0.15) is 0 Å². The van der Waals surface area contributed by atoms with Crippen molar-refractivity contribution in [2.24, 2.45) is 5.92 Å². The lowest BCUT2D eigenvalue weighted by molar-refractivity contribution is -0.133. The number of hydrogen-bond acceptors (Lipinski definition) is 5. The van der Waals surface area contributed by atoms with Gasteiger partial charge in [-0.05, 0) is 30.4 Å². The number of aromatic nitrogens is 4. The number of nitrogens with one attached hydrogen (secondary N) is 1. The zero-order valence-corrected chi connectivity index (χ0v) is 12.5. The second-order valence-corrected chi connectivity index (χ2v) is 6.03. The number of amides is 1. The highest BCUT2D eigenvalue weighted by molar-refractivity contribution is 5.78. The maximum absolute atomic E-state index is 12.4. The first-order valence-corrected chi connectivity index (χ1v) is 7.65. The second kappa shape index (κ2) is 6.34. The van der Waals surface area contributed by atoms with Crippen LogP contribution in [0.5, 0.6) is 0 Å². The van der Waals surface area contributed by atoms with Gasteiger partial charge in [-0.25, -0.2) is 0 Å². The van der Waals surface area contributed by atoms with Gasteiger partial charge < -0.3 is 4.90 Å².